The number of halogens is 1. The maximum atomic E-state index is 11.9. The van der Waals surface area contributed by atoms with Crippen LogP contribution >= 0.6 is 15.9 Å². The predicted molar refractivity (Wildman–Crippen MR) is 90.2 cm³/mol. The minimum absolute atomic E-state index is 0.0348. The van der Waals surface area contributed by atoms with E-state index in [4.69, 9.17) is 0 Å². The number of rotatable bonds is 3. The maximum Gasteiger partial charge on any atom is 0.325 e. The Morgan fingerprint density at radius 1 is 1.26 bits per heavy atom. The third-order valence-corrected chi connectivity index (χ3v) is 4.82. The predicted octanol–water partition coefficient (Wildman–Crippen LogP) is 2.22. The number of fused-ring (bicyclic) bond motifs is 1. The number of carboxylic acids is 1. The van der Waals surface area contributed by atoms with Crippen LogP contribution in [0.4, 0.5) is 0 Å². The summed E-state index contributed by atoms with van der Waals surface area (Å²) in [6.07, 6.45) is 1.77. The lowest BCUT2D eigenvalue weighted by atomic mass is 10.0. The van der Waals surface area contributed by atoms with Gasteiger partial charge in [-0.05, 0) is 18.2 Å². The van der Waals surface area contributed by atoms with Gasteiger partial charge in [0.25, 0.3) is 0 Å². The number of benzene rings is 1. The van der Waals surface area contributed by atoms with Crippen LogP contribution in [-0.4, -0.2) is 57.9 Å². The van der Waals surface area contributed by atoms with Gasteiger partial charge in [0, 0.05) is 60.2 Å². The summed E-state index contributed by atoms with van der Waals surface area (Å²) in [6, 6.07) is 5.06. The van der Waals surface area contributed by atoms with Crippen molar-refractivity contribution in [3.8, 4) is 0 Å². The molecule has 1 aliphatic rings. The van der Waals surface area contributed by atoms with Crippen LogP contribution in [0.1, 0.15) is 18.5 Å². The molecule has 7 heteroatoms. The first kappa shape index (κ1) is 16.0. The molecule has 122 valence electrons. The molecular weight excluding hydrogens is 362 g/mol. The van der Waals surface area contributed by atoms with E-state index in [0.29, 0.717) is 26.2 Å². The molecule has 23 heavy (non-hydrogen) atoms. The number of aromatic nitrogens is 1. The van der Waals surface area contributed by atoms with Crippen molar-refractivity contribution in [3.63, 3.8) is 0 Å². The summed E-state index contributed by atoms with van der Waals surface area (Å²) in [5, 5.41) is 10.7. The number of nitrogens with zero attached hydrogens (tertiary/aromatic N) is 2. The number of aromatic amines is 1. The van der Waals surface area contributed by atoms with Crippen molar-refractivity contribution in [1.29, 1.82) is 0 Å². The van der Waals surface area contributed by atoms with Crippen molar-refractivity contribution in [1.82, 2.24) is 14.8 Å². The molecule has 1 saturated heterocycles. The molecule has 1 atom stereocenters. The van der Waals surface area contributed by atoms with Gasteiger partial charge in [0.1, 0.15) is 6.04 Å². The highest BCUT2D eigenvalue weighted by Gasteiger charge is 2.32. The van der Waals surface area contributed by atoms with Crippen LogP contribution in [0.3, 0.4) is 0 Å². The van der Waals surface area contributed by atoms with Crippen LogP contribution in [0.5, 0.6) is 0 Å². The Balaban J connectivity index is 1.91. The van der Waals surface area contributed by atoms with Crippen molar-refractivity contribution in [2.75, 3.05) is 26.2 Å². The monoisotopic (exact) mass is 379 g/mol. The number of carboxylic acid groups (broad SMARTS) is 1. The van der Waals surface area contributed by atoms with E-state index >= 15 is 0 Å². The zero-order valence-corrected chi connectivity index (χ0v) is 14.3. The van der Waals surface area contributed by atoms with Crippen LogP contribution in [0.25, 0.3) is 10.9 Å². The molecule has 3 rings (SSSR count). The van der Waals surface area contributed by atoms with Gasteiger partial charge < -0.3 is 15.0 Å². The van der Waals surface area contributed by atoms with E-state index in [1.807, 2.05) is 23.1 Å². The Bertz CT molecular complexity index is 750. The quantitative estimate of drug-likeness (QED) is 0.856. The molecule has 2 heterocycles. The fourth-order valence-corrected chi connectivity index (χ4v) is 3.48. The Morgan fingerprint density at radius 2 is 1.96 bits per heavy atom. The van der Waals surface area contributed by atoms with Gasteiger partial charge in [-0.3, -0.25) is 14.5 Å². The van der Waals surface area contributed by atoms with Gasteiger partial charge in [0.2, 0.25) is 5.91 Å². The van der Waals surface area contributed by atoms with E-state index in [9.17, 15) is 14.7 Å². The molecule has 1 aromatic carbocycles. The van der Waals surface area contributed by atoms with Crippen molar-refractivity contribution in [2.45, 2.75) is 13.0 Å². The topological polar surface area (TPSA) is 76.6 Å². The van der Waals surface area contributed by atoms with Gasteiger partial charge in [0.05, 0.1) is 0 Å². The van der Waals surface area contributed by atoms with Crippen molar-refractivity contribution < 1.29 is 14.7 Å². The van der Waals surface area contributed by atoms with Gasteiger partial charge in [-0.1, -0.05) is 15.9 Å². The number of piperazine rings is 1. The van der Waals surface area contributed by atoms with Gasteiger partial charge in [-0.15, -0.1) is 0 Å². The number of amides is 1. The number of nitrogens with one attached hydrogen (secondary N) is 1. The first-order chi connectivity index (χ1) is 11.0. The average Bonchev–Trinajstić information content (AvgIpc) is 2.91. The summed E-state index contributed by atoms with van der Waals surface area (Å²) < 4.78 is 0.913. The molecule has 1 aliphatic heterocycles. The first-order valence-corrected chi connectivity index (χ1v) is 8.25. The third kappa shape index (κ3) is 3.11. The largest absolute Gasteiger partial charge is 0.480 e. The van der Waals surface area contributed by atoms with Crippen LogP contribution in [0.15, 0.2) is 28.9 Å². The van der Waals surface area contributed by atoms with E-state index in [1.165, 1.54) is 0 Å². The number of carbonyl (C=O) groups is 2. The number of carbonyl (C=O) groups excluding carboxylic acids is 1. The molecule has 1 aromatic heterocycles. The van der Waals surface area contributed by atoms with Gasteiger partial charge in [-0.25, -0.2) is 0 Å². The zero-order valence-electron chi connectivity index (χ0n) is 12.8. The number of hydrogen-bond donors (Lipinski definition) is 2. The molecule has 1 fully saturated rings. The van der Waals surface area contributed by atoms with E-state index in [0.717, 1.165) is 20.9 Å². The molecule has 6 nitrogen and oxygen atoms in total. The molecule has 0 bridgehead atoms. The highest BCUT2D eigenvalue weighted by atomic mass is 79.9. The number of H-pyrrole nitrogens is 1. The van der Waals surface area contributed by atoms with Gasteiger partial charge in [-0.2, -0.15) is 0 Å². The van der Waals surface area contributed by atoms with Crippen molar-refractivity contribution in [2.24, 2.45) is 0 Å². The summed E-state index contributed by atoms with van der Waals surface area (Å²) in [5.41, 5.74) is 1.67. The number of hydrogen-bond acceptors (Lipinski definition) is 3. The molecular formula is C16H18BrN3O3. The number of aliphatic carboxylic acids is 1. The standard InChI is InChI=1S/C16H18BrN3O3/c1-10(21)19-4-6-20(7-5-19)15(16(22)23)13-9-18-14-3-2-11(17)8-12(13)14/h2-3,8-9,15,18H,4-7H2,1H3,(H,22,23)/t15-/m0/s1. The lowest BCUT2D eigenvalue weighted by Gasteiger charge is -2.37. The van der Waals surface area contributed by atoms with E-state index in [1.54, 1.807) is 18.0 Å². The summed E-state index contributed by atoms with van der Waals surface area (Å²) in [6.45, 7) is 3.77. The van der Waals surface area contributed by atoms with Gasteiger partial charge >= 0.3 is 5.97 Å². The molecule has 0 spiro atoms. The normalized spacial score (nSPS) is 17.4. The lowest BCUT2D eigenvalue weighted by molar-refractivity contribution is -0.144. The third-order valence-electron chi connectivity index (χ3n) is 4.33. The van der Waals surface area contributed by atoms with Gasteiger partial charge in [0.15, 0.2) is 0 Å². The summed E-state index contributed by atoms with van der Waals surface area (Å²) in [7, 11) is 0. The first-order valence-electron chi connectivity index (χ1n) is 7.46. The lowest BCUT2D eigenvalue weighted by Crippen LogP contribution is -2.50. The molecule has 0 unspecified atom stereocenters. The summed E-state index contributed by atoms with van der Waals surface area (Å²) in [5.74, 6) is -0.838. The highest BCUT2D eigenvalue weighted by Crippen LogP contribution is 2.31. The van der Waals surface area contributed by atoms with Crippen LogP contribution < -0.4 is 0 Å². The molecule has 0 radical (unpaired) electrons. The fourth-order valence-electron chi connectivity index (χ4n) is 3.12. The van der Waals surface area contributed by atoms with Crippen molar-refractivity contribution in [3.05, 3.63) is 34.4 Å². The summed E-state index contributed by atoms with van der Waals surface area (Å²) in [4.78, 5) is 30.1. The van der Waals surface area contributed by atoms with Crippen molar-refractivity contribution >= 4 is 38.7 Å². The highest BCUT2D eigenvalue weighted by molar-refractivity contribution is 9.10. The second kappa shape index (κ2) is 6.33. The molecule has 0 aliphatic carbocycles. The molecule has 1 amide bonds. The average molecular weight is 380 g/mol. The van der Waals surface area contributed by atoms with E-state index in [2.05, 4.69) is 20.9 Å². The fraction of sp³-hybridized carbons (Fsp3) is 0.375. The van der Waals surface area contributed by atoms with Crippen LogP contribution in [-0.2, 0) is 9.59 Å². The molecule has 0 saturated carbocycles. The molecule has 2 aromatic rings. The van der Waals surface area contributed by atoms with Crippen LogP contribution in [0.2, 0.25) is 0 Å². The summed E-state index contributed by atoms with van der Waals surface area (Å²) >= 11 is 3.44. The zero-order chi connectivity index (χ0) is 16.6. The SMILES string of the molecule is CC(=O)N1CCN([C@H](C(=O)O)c2c[nH]c3ccc(Br)cc23)CC1. The Labute approximate surface area is 142 Å². The second-order valence-corrected chi connectivity index (χ2v) is 6.63. The minimum atomic E-state index is -0.873. The Morgan fingerprint density at radius 3 is 2.57 bits per heavy atom. The maximum absolute atomic E-state index is 11.9. The van der Waals surface area contributed by atoms with E-state index in [-0.39, 0.29) is 5.91 Å². The smallest absolute Gasteiger partial charge is 0.325 e. The van der Waals surface area contributed by atoms with Crippen LogP contribution in [0, 0.1) is 0 Å². The minimum Gasteiger partial charge on any atom is -0.480 e. The Hall–Kier alpha value is -1.86. The Kier molecular flexibility index (Phi) is 4.41. The van der Waals surface area contributed by atoms with E-state index < -0.39 is 12.0 Å². The second-order valence-electron chi connectivity index (χ2n) is 5.72. The molecule has 2 N–H and O–H groups in total.